The molecule has 0 saturated carbocycles. The summed E-state index contributed by atoms with van der Waals surface area (Å²) >= 11 is 0. The van der Waals surface area contributed by atoms with Crippen LogP contribution in [0.5, 0.6) is 5.75 Å². The SMILES string of the molecule is CCCCCCCCc1ccc(OCCOCCN2C(=O)c3ccccc3C2=O)cc1. The Morgan fingerprint density at radius 3 is 2.06 bits per heavy atom. The Labute approximate surface area is 185 Å². The number of hydrogen-bond acceptors (Lipinski definition) is 4. The van der Waals surface area contributed by atoms with Crippen LogP contribution in [0.4, 0.5) is 0 Å². The Balaban J connectivity index is 1.27. The molecule has 2 amide bonds. The predicted molar refractivity (Wildman–Crippen MR) is 122 cm³/mol. The summed E-state index contributed by atoms with van der Waals surface area (Å²) in [6.07, 6.45) is 8.98. The quantitative estimate of drug-likeness (QED) is 0.306. The molecule has 0 aromatic heterocycles. The lowest BCUT2D eigenvalue weighted by molar-refractivity contribution is 0.0528. The first kappa shape index (κ1) is 23.0. The lowest BCUT2D eigenvalue weighted by Crippen LogP contribution is -2.33. The van der Waals surface area contributed by atoms with Gasteiger partial charge in [0, 0.05) is 0 Å². The van der Waals surface area contributed by atoms with Crippen LogP contribution in [0.25, 0.3) is 0 Å². The first-order valence-electron chi connectivity index (χ1n) is 11.5. The highest BCUT2D eigenvalue weighted by Crippen LogP contribution is 2.22. The molecule has 166 valence electrons. The van der Waals surface area contributed by atoms with Crippen molar-refractivity contribution in [2.75, 3.05) is 26.4 Å². The highest BCUT2D eigenvalue weighted by Gasteiger charge is 2.34. The Bertz CT molecular complexity index is 812. The molecular formula is C26H33NO4. The molecule has 0 spiro atoms. The summed E-state index contributed by atoms with van der Waals surface area (Å²) in [6, 6.07) is 15.2. The van der Waals surface area contributed by atoms with Crippen molar-refractivity contribution in [3.63, 3.8) is 0 Å². The van der Waals surface area contributed by atoms with E-state index in [9.17, 15) is 9.59 Å². The van der Waals surface area contributed by atoms with Crippen molar-refractivity contribution in [1.29, 1.82) is 0 Å². The molecule has 3 rings (SSSR count). The third-order valence-corrected chi connectivity index (χ3v) is 5.58. The highest BCUT2D eigenvalue weighted by atomic mass is 16.5. The number of nitrogens with zero attached hydrogens (tertiary/aromatic N) is 1. The number of imide groups is 1. The molecule has 0 fully saturated rings. The van der Waals surface area contributed by atoms with E-state index in [1.807, 2.05) is 12.1 Å². The van der Waals surface area contributed by atoms with Crippen LogP contribution >= 0.6 is 0 Å². The van der Waals surface area contributed by atoms with E-state index in [0.29, 0.717) is 30.9 Å². The maximum atomic E-state index is 12.3. The molecule has 5 heteroatoms. The van der Waals surface area contributed by atoms with Gasteiger partial charge in [0.05, 0.1) is 30.9 Å². The monoisotopic (exact) mass is 423 g/mol. The first-order valence-corrected chi connectivity index (χ1v) is 11.5. The number of amides is 2. The van der Waals surface area contributed by atoms with Crippen LogP contribution in [0.2, 0.25) is 0 Å². The van der Waals surface area contributed by atoms with E-state index < -0.39 is 0 Å². The minimum Gasteiger partial charge on any atom is -0.491 e. The van der Waals surface area contributed by atoms with Crippen LogP contribution < -0.4 is 4.74 Å². The Hall–Kier alpha value is -2.66. The fourth-order valence-electron chi connectivity index (χ4n) is 3.78. The van der Waals surface area contributed by atoms with Crippen molar-refractivity contribution in [2.45, 2.75) is 51.9 Å². The molecule has 0 saturated heterocycles. The average molecular weight is 424 g/mol. The van der Waals surface area contributed by atoms with Gasteiger partial charge in [-0.3, -0.25) is 14.5 Å². The second-order valence-corrected chi connectivity index (χ2v) is 7.93. The smallest absolute Gasteiger partial charge is 0.261 e. The van der Waals surface area contributed by atoms with E-state index in [4.69, 9.17) is 9.47 Å². The number of hydrogen-bond donors (Lipinski definition) is 0. The molecule has 0 N–H and O–H groups in total. The minimum absolute atomic E-state index is 0.249. The maximum absolute atomic E-state index is 12.3. The number of ether oxygens (including phenoxy) is 2. The van der Waals surface area contributed by atoms with Crippen molar-refractivity contribution in [3.8, 4) is 5.75 Å². The Kier molecular flexibility index (Phi) is 9.10. The number of unbranched alkanes of at least 4 members (excludes halogenated alkanes) is 5. The van der Waals surface area contributed by atoms with E-state index in [-0.39, 0.29) is 18.4 Å². The van der Waals surface area contributed by atoms with Crippen molar-refractivity contribution < 1.29 is 19.1 Å². The average Bonchev–Trinajstić information content (AvgIpc) is 3.04. The van der Waals surface area contributed by atoms with Crippen LogP contribution in [0.3, 0.4) is 0 Å². The topological polar surface area (TPSA) is 55.8 Å². The number of benzene rings is 2. The predicted octanol–water partition coefficient (Wildman–Crippen LogP) is 5.28. The van der Waals surface area contributed by atoms with Gasteiger partial charge in [0.2, 0.25) is 0 Å². The van der Waals surface area contributed by atoms with E-state index in [2.05, 4.69) is 19.1 Å². The van der Waals surface area contributed by atoms with Crippen molar-refractivity contribution in [2.24, 2.45) is 0 Å². The van der Waals surface area contributed by atoms with Gasteiger partial charge in [-0.05, 0) is 42.7 Å². The van der Waals surface area contributed by atoms with Crippen LogP contribution in [-0.2, 0) is 11.2 Å². The fraction of sp³-hybridized carbons (Fsp3) is 0.462. The summed E-state index contributed by atoms with van der Waals surface area (Å²) in [5.41, 5.74) is 2.28. The third kappa shape index (κ3) is 6.66. The van der Waals surface area contributed by atoms with Crippen LogP contribution in [0, 0.1) is 0 Å². The summed E-state index contributed by atoms with van der Waals surface area (Å²) in [6.45, 7) is 3.63. The third-order valence-electron chi connectivity index (χ3n) is 5.58. The second kappa shape index (κ2) is 12.3. The van der Waals surface area contributed by atoms with Gasteiger partial charge in [-0.25, -0.2) is 0 Å². The zero-order valence-electron chi connectivity index (χ0n) is 18.5. The zero-order valence-corrected chi connectivity index (χ0v) is 18.5. The standard InChI is InChI=1S/C26H33NO4/c1-2-3-4-5-6-7-10-21-13-15-22(16-14-21)31-20-19-30-18-17-27-25(28)23-11-8-9-12-24(23)26(27)29/h8-9,11-16H,2-7,10,17-20H2,1H3. The van der Waals surface area contributed by atoms with Gasteiger partial charge in [0.25, 0.3) is 11.8 Å². The number of aryl methyl sites for hydroxylation is 1. The number of rotatable bonds is 14. The normalized spacial score (nSPS) is 13.0. The zero-order chi connectivity index (χ0) is 21.9. The fourth-order valence-corrected chi connectivity index (χ4v) is 3.78. The molecule has 1 aliphatic rings. The largest absolute Gasteiger partial charge is 0.491 e. The Morgan fingerprint density at radius 2 is 1.39 bits per heavy atom. The molecule has 0 atom stereocenters. The van der Waals surface area contributed by atoms with E-state index in [1.165, 1.54) is 49.0 Å². The lowest BCUT2D eigenvalue weighted by atomic mass is 10.0. The van der Waals surface area contributed by atoms with Crippen molar-refractivity contribution in [1.82, 2.24) is 4.90 Å². The summed E-state index contributed by atoms with van der Waals surface area (Å²) in [4.78, 5) is 25.8. The molecule has 0 aliphatic carbocycles. The molecule has 2 aromatic rings. The summed E-state index contributed by atoms with van der Waals surface area (Å²) < 4.78 is 11.3. The first-order chi connectivity index (χ1) is 15.2. The van der Waals surface area contributed by atoms with Gasteiger partial charge >= 0.3 is 0 Å². The summed E-state index contributed by atoms with van der Waals surface area (Å²) in [5.74, 6) is 0.332. The van der Waals surface area contributed by atoms with Crippen LogP contribution in [-0.4, -0.2) is 43.1 Å². The number of fused-ring (bicyclic) bond motifs is 1. The second-order valence-electron chi connectivity index (χ2n) is 7.93. The Morgan fingerprint density at radius 1 is 0.742 bits per heavy atom. The van der Waals surface area contributed by atoms with Crippen LogP contribution in [0.15, 0.2) is 48.5 Å². The number of carbonyl (C=O) groups excluding carboxylic acids is 2. The number of carbonyl (C=O) groups is 2. The van der Waals surface area contributed by atoms with Gasteiger partial charge in [-0.15, -0.1) is 0 Å². The molecule has 0 bridgehead atoms. The van der Waals surface area contributed by atoms with E-state index >= 15 is 0 Å². The van der Waals surface area contributed by atoms with Gasteiger partial charge in [-0.1, -0.05) is 63.3 Å². The summed E-state index contributed by atoms with van der Waals surface area (Å²) in [5, 5.41) is 0. The molecule has 1 heterocycles. The summed E-state index contributed by atoms with van der Waals surface area (Å²) in [7, 11) is 0. The molecular weight excluding hydrogens is 390 g/mol. The molecule has 0 unspecified atom stereocenters. The van der Waals surface area contributed by atoms with Gasteiger partial charge in [0.15, 0.2) is 0 Å². The molecule has 1 aliphatic heterocycles. The molecule has 2 aromatic carbocycles. The minimum atomic E-state index is -0.249. The van der Waals surface area contributed by atoms with Crippen molar-refractivity contribution in [3.05, 3.63) is 65.2 Å². The van der Waals surface area contributed by atoms with Gasteiger partial charge in [0.1, 0.15) is 12.4 Å². The van der Waals surface area contributed by atoms with Gasteiger partial charge in [-0.2, -0.15) is 0 Å². The molecule has 31 heavy (non-hydrogen) atoms. The highest BCUT2D eigenvalue weighted by molar-refractivity contribution is 6.21. The lowest BCUT2D eigenvalue weighted by Gasteiger charge is -2.14. The van der Waals surface area contributed by atoms with Crippen LogP contribution in [0.1, 0.15) is 71.7 Å². The van der Waals surface area contributed by atoms with Crippen molar-refractivity contribution >= 4 is 11.8 Å². The maximum Gasteiger partial charge on any atom is 0.261 e. The molecule has 5 nitrogen and oxygen atoms in total. The molecule has 0 radical (unpaired) electrons. The van der Waals surface area contributed by atoms with Gasteiger partial charge < -0.3 is 9.47 Å². The van der Waals surface area contributed by atoms with E-state index in [0.717, 1.165) is 12.2 Å². The van der Waals surface area contributed by atoms with E-state index in [1.54, 1.807) is 24.3 Å².